The second-order valence-corrected chi connectivity index (χ2v) is 9.34. The molecule has 1 fully saturated rings. The van der Waals surface area contributed by atoms with E-state index in [4.69, 9.17) is 15.2 Å². The number of hydrogen-bond donors (Lipinski definition) is 2. The topological polar surface area (TPSA) is 120 Å². The fourth-order valence-corrected chi connectivity index (χ4v) is 4.84. The molecular weight excluding hydrogens is 470 g/mol. The summed E-state index contributed by atoms with van der Waals surface area (Å²) < 4.78 is 15.3. The van der Waals surface area contributed by atoms with Crippen LogP contribution in [0.1, 0.15) is 17.5 Å². The Balaban J connectivity index is 1.21. The van der Waals surface area contributed by atoms with Crippen molar-refractivity contribution in [3.63, 3.8) is 0 Å². The third-order valence-corrected chi connectivity index (χ3v) is 6.85. The van der Waals surface area contributed by atoms with Gasteiger partial charge in [-0.25, -0.2) is 19.0 Å². The van der Waals surface area contributed by atoms with Gasteiger partial charge in [-0.1, -0.05) is 0 Å². The minimum atomic E-state index is 0.0402. The third kappa shape index (κ3) is 4.71. The number of likely N-dealkylation sites (tertiary alicyclic amines) is 1. The lowest BCUT2D eigenvalue weighted by Crippen LogP contribution is -2.51. The van der Waals surface area contributed by atoms with Crippen LogP contribution in [0.5, 0.6) is 11.5 Å². The Labute approximate surface area is 213 Å². The van der Waals surface area contributed by atoms with Gasteiger partial charge < -0.3 is 20.5 Å². The molecular formula is C26H29N9O2. The molecule has 1 aliphatic heterocycles. The van der Waals surface area contributed by atoms with Gasteiger partial charge >= 0.3 is 0 Å². The number of pyridine rings is 1. The van der Waals surface area contributed by atoms with Crippen molar-refractivity contribution in [3.05, 3.63) is 72.6 Å². The lowest BCUT2D eigenvalue weighted by Gasteiger charge is -2.35. The Bertz CT molecular complexity index is 1550. The summed E-state index contributed by atoms with van der Waals surface area (Å²) in [6.07, 6.45) is 7.82. The van der Waals surface area contributed by atoms with Gasteiger partial charge in [-0.15, -0.1) is 0 Å². The second-order valence-electron chi connectivity index (χ2n) is 9.34. The van der Waals surface area contributed by atoms with E-state index >= 15 is 0 Å². The molecule has 0 aliphatic carbocycles. The molecule has 190 valence electrons. The molecule has 1 aliphatic rings. The summed E-state index contributed by atoms with van der Waals surface area (Å²) in [5, 5.41) is 12.0. The molecule has 1 aromatic carbocycles. The van der Waals surface area contributed by atoms with Gasteiger partial charge in [0.05, 0.1) is 6.10 Å². The SMILES string of the molecule is COC1CN(Cc2ccn3ncnc(Nc4ccc(Oc5ccn6ncnc6c5)c(C)c4)c23)CC[C@@H]1N. The average Bonchev–Trinajstić information content (AvgIpc) is 3.54. The summed E-state index contributed by atoms with van der Waals surface area (Å²) in [5.74, 6) is 2.22. The van der Waals surface area contributed by atoms with Crippen LogP contribution in [-0.4, -0.2) is 66.4 Å². The Morgan fingerprint density at radius 1 is 1.05 bits per heavy atom. The summed E-state index contributed by atoms with van der Waals surface area (Å²) in [6.45, 7) is 4.52. The van der Waals surface area contributed by atoms with Gasteiger partial charge in [-0.05, 0) is 54.8 Å². The number of hydrogen-bond acceptors (Lipinski definition) is 9. The van der Waals surface area contributed by atoms with Crippen molar-refractivity contribution in [1.29, 1.82) is 0 Å². The number of piperidine rings is 1. The summed E-state index contributed by atoms with van der Waals surface area (Å²) in [6, 6.07) is 11.9. The number of aromatic nitrogens is 6. The standard InChI is InChI=1S/C26H29N9O2/c1-17-11-19(3-4-22(17)37-20-6-10-34-24(12-20)28-15-30-34)32-26-25-18(5-9-35(25)31-16-29-26)13-33-8-7-21(27)23(14-33)36-2/h3-6,9-12,15-16,21,23H,7-8,13-14,27H2,1-2H3,(H,29,31,32)/t21-,23?/m0/s1. The fourth-order valence-electron chi connectivity index (χ4n) is 4.84. The highest BCUT2D eigenvalue weighted by Crippen LogP contribution is 2.30. The highest BCUT2D eigenvalue weighted by molar-refractivity contribution is 5.76. The predicted molar refractivity (Wildman–Crippen MR) is 139 cm³/mol. The van der Waals surface area contributed by atoms with Crippen LogP contribution in [0.15, 0.2) is 61.4 Å². The fraction of sp³-hybridized carbons (Fsp3) is 0.308. The van der Waals surface area contributed by atoms with E-state index in [-0.39, 0.29) is 12.1 Å². The quantitative estimate of drug-likeness (QED) is 0.348. The predicted octanol–water partition coefficient (Wildman–Crippen LogP) is 3.16. The number of nitrogens with two attached hydrogens (primary N) is 1. The zero-order chi connectivity index (χ0) is 25.4. The van der Waals surface area contributed by atoms with Crippen LogP contribution >= 0.6 is 0 Å². The normalized spacial score (nSPS) is 18.5. The van der Waals surface area contributed by atoms with Crippen molar-refractivity contribution in [1.82, 2.24) is 34.1 Å². The smallest absolute Gasteiger partial charge is 0.158 e. The van der Waals surface area contributed by atoms with E-state index in [0.29, 0.717) is 5.75 Å². The Hall–Kier alpha value is -4.06. The largest absolute Gasteiger partial charge is 0.457 e. The van der Waals surface area contributed by atoms with Gasteiger partial charge in [0.15, 0.2) is 11.5 Å². The van der Waals surface area contributed by atoms with Crippen LogP contribution in [0.4, 0.5) is 11.5 Å². The first kappa shape index (κ1) is 23.3. The van der Waals surface area contributed by atoms with Crippen molar-refractivity contribution >= 4 is 22.7 Å². The number of nitrogens with zero attached hydrogens (tertiary/aromatic N) is 7. The van der Waals surface area contributed by atoms with E-state index < -0.39 is 0 Å². The second kappa shape index (κ2) is 9.77. The van der Waals surface area contributed by atoms with Crippen LogP contribution in [0.25, 0.3) is 11.2 Å². The van der Waals surface area contributed by atoms with Gasteiger partial charge in [0.2, 0.25) is 0 Å². The lowest BCUT2D eigenvalue weighted by atomic mass is 10.0. The van der Waals surface area contributed by atoms with Gasteiger partial charge in [0, 0.05) is 56.9 Å². The number of aryl methyl sites for hydroxylation is 1. The maximum atomic E-state index is 6.21. The molecule has 0 amide bonds. The first-order valence-corrected chi connectivity index (χ1v) is 12.2. The maximum absolute atomic E-state index is 6.21. The van der Waals surface area contributed by atoms with Crippen molar-refractivity contribution in [2.75, 3.05) is 25.5 Å². The van der Waals surface area contributed by atoms with E-state index in [9.17, 15) is 0 Å². The molecule has 37 heavy (non-hydrogen) atoms. The molecule has 1 saturated heterocycles. The highest BCUT2D eigenvalue weighted by atomic mass is 16.5. The number of methoxy groups -OCH3 is 1. The van der Waals surface area contributed by atoms with E-state index in [2.05, 4.69) is 36.4 Å². The minimum absolute atomic E-state index is 0.0402. The molecule has 0 bridgehead atoms. The van der Waals surface area contributed by atoms with Gasteiger partial charge in [-0.2, -0.15) is 10.2 Å². The molecule has 11 heteroatoms. The zero-order valence-corrected chi connectivity index (χ0v) is 20.8. The third-order valence-electron chi connectivity index (χ3n) is 6.85. The Morgan fingerprint density at radius 2 is 1.89 bits per heavy atom. The number of ether oxygens (including phenoxy) is 2. The molecule has 5 heterocycles. The zero-order valence-electron chi connectivity index (χ0n) is 20.8. The maximum Gasteiger partial charge on any atom is 0.158 e. The van der Waals surface area contributed by atoms with Crippen LogP contribution < -0.4 is 15.8 Å². The van der Waals surface area contributed by atoms with Crippen LogP contribution in [0.2, 0.25) is 0 Å². The van der Waals surface area contributed by atoms with E-state index in [1.165, 1.54) is 6.33 Å². The number of nitrogens with one attached hydrogen (secondary N) is 1. The van der Waals surface area contributed by atoms with Crippen molar-refractivity contribution in [2.45, 2.75) is 32.0 Å². The lowest BCUT2D eigenvalue weighted by molar-refractivity contribution is 0.0142. The summed E-state index contributed by atoms with van der Waals surface area (Å²) in [7, 11) is 1.73. The summed E-state index contributed by atoms with van der Waals surface area (Å²) >= 11 is 0. The minimum Gasteiger partial charge on any atom is -0.457 e. The van der Waals surface area contributed by atoms with Gasteiger partial charge in [-0.3, -0.25) is 4.90 Å². The first-order chi connectivity index (χ1) is 18.1. The molecule has 0 spiro atoms. The molecule has 5 aromatic rings. The van der Waals surface area contributed by atoms with E-state index in [0.717, 1.165) is 65.6 Å². The van der Waals surface area contributed by atoms with Crippen molar-refractivity contribution < 1.29 is 9.47 Å². The van der Waals surface area contributed by atoms with E-state index in [1.807, 2.05) is 54.2 Å². The molecule has 11 nitrogen and oxygen atoms in total. The number of fused-ring (bicyclic) bond motifs is 2. The molecule has 0 radical (unpaired) electrons. The molecule has 4 aromatic heterocycles. The number of benzene rings is 1. The molecule has 2 atom stereocenters. The molecule has 6 rings (SSSR count). The average molecular weight is 500 g/mol. The van der Waals surface area contributed by atoms with E-state index in [1.54, 1.807) is 18.0 Å². The highest BCUT2D eigenvalue weighted by Gasteiger charge is 2.27. The Kier molecular flexibility index (Phi) is 6.16. The molecule has 3 N–H and O–H groups in total. The van der Waals surface area contributed by atoms with Crippen LogP contribution in [0.3, 0.4) is 0 Å². The number of anilines is 2. The molecule has 0 saturated carbocycles. The summed E-state index contributed by atoms with van der Waals surface area (Å²) in [4.78, 5) is 11.1. The Morgan fingerprint density at radius 3 is 2.76 bits per heavy atom. The van der Waals surface area contributed by atoms with Crippen molar-refractivity contribution in [2.24, 2.45) is 5.73 Å². The monoisotopic (exact) mass is 499 g/mol. The first-order valence-electron chi connectivity index (χ1n) is 12.2. The molecule has 1 unspecified atom stereocenters. The van der Waals surface area contributed by atoms with Gasteiger partial charge in [0.1, 0.15) is 29.7 Å². The summed E-state index contributed by atoms with van der Waals surface area (Å²) in [5.41, 5.74) is 10.9. The number of rotatable bonds is 7. The van der Waals surface area contributed by atoms with Gasteiger partial charge in [0.25, 0.3) is 0 Å². The van der Waals surface area contributed by atoms with Crippen LogP contribution in [-0.2, 0) is 11.3 Å². The van der Waals surface area contributed by atoms with Crippen LogP contribution in [0, 0.1) is 6.92 Å². The van der Waals surface area contributed by atoms with Crippen molar-refractivity contribution in [3.8, 4) is 11.5 Å².